The van der Waals surface area contributed by atoms with Crippen molar-refractivity contribution >= 4 is 0 Å². The minimum Gasteiger partial charge on any atom is -0.494 e. The molecule has 0 unspecified atom stereocenters. The monoisotopic (exact) mass is 291 g/mol. The van der Waals surface area contributed by atoms with E-state index in [1.807, 2.05) is 6.07 Å². The van der Waals surface area contributed by atoms with Crippen molar-refractivity contribution in [1.82, 2.24) is 0 Å². The van der Waals surface area contributed by atoms with Crippen LogP contribution in [0.3, 0.4) is 0 Å². The maximum atomic E-state index is 14.0. The molecule has 0 spiro atoms. The lowest BCUT2D eigenvalue weighted by molar-refractivity contribution is 0.277. The van der Waals surface area contributed by atoms with E-state index < -0.39 is 5.82 Å². The Labute approximate surface area is 123 Å². The molecule has 2 aromatic rings. The highest BCUT2D eigenvalue weighted by Crippen LogP contribution is 2.29. The summed E-state index contributed by atoms with van der Waals surface area (Å²) in [4.78, 5) is 0. The lowest BCUT2D eigenvalue weighted by Gasteiger charge is -2.13. The number of ether oxygens (including phenoxy) is 3. The Morgan fingerprint density at radius 1 is 1.00 bits per heavy atom. The van der Waals surface area contributed by atoms with E-state index in [9.17, 15) is 4.39 Å². The van der Waals surface area contributed by atoms with Crippen LogP contribution in [0.15, 0.2) is 36.4 Å². The van der Waals surface area contributed by atoms with Gasteiger partial charge >= 0.3 is 0 Å². The predicted octanol–water partition coefficient (Wildman–Crippen LogP) is 2.88. The van der Waals surface area contributed by atoms with Gasteiger partial charge in [0.05, 0.1) is 14.2 Å². The average molecular weight is 291 g/mol. The van der Waals surface area contributed by atoms with E-state index in [1.165, 1.54) is 7.11 Å². The summed E-state index contributed by atoms with van der Waals surface area (Å²) in [6.45, 7) is 0.502. The Bertz CT molecular complexity index is 616. The summed E-state index contributed by atoms with van der Waals surface area (Å²) in [6, 6.07) is 10.3. The SMILES string of the molecule is COc1cc(CN)ccc1OCc1cccc(OC)c1F. The van der Waals surface area contributed by atoms with Crippen molar-refractivity contribution in [2.75, 3.05) is 14.2 Å². The van der Waals surface area contributed by atoms with Crippen LogP contribution in [-0.2, 0) is 13.2 Å². The third kappa shape index (κ3) is 3.44. The molecule has 0 saturated heterocycles. The van der Waals surface area contributed by atoms with Gasteiger partial charge < -0.3 is 19.9 Å². The summed E-state index contributed by atoms with van der Waals surface area (Å²) in [6.07, 6.45) is 0. The molecule has 0 heterocycles. The molecule has 0 aliphatic rings. The number of benzene rings is 2. The van der Waals surface area contributed by atoms with Crippen LogP contribution in [0.1, 0.15) is 11.1 Å². The van der Waals surface area contributed by atoms with Gasteiger partial charge in [0.25, 0.3) is 0 Å². The largest absolute Gasteiger partial charge is 0.494 e. The molecule has 0 saturated carbocycles. The summed E-state index contributed by atoms with van der Waals surface area (Å²) in [5.74, 6) is 0.886. The van der Waals surface area contributed by atoms with Crippen molar-refractivity contribution in [3.05, 3.63) is 53.3 Å². The third-order valence-corrected chi connectivity index (χ3v) is 3.11. The van der Waals surface area contributed by atoms with Crippen LogP contribution in [0.4, 0.5) is 4.39 Å². The van der Waals surface area contributed by atoms with Crippen LogP contribution in [0.5, 0.6) is 17.2 Å². The molecule has 0 aromatic heterocycles. The number of hydrogen-bond acceptors (Lipinski definition) is 4. The predicted molar refractivity (Wildman–Crippen MR) is 78.2 cm³/mol. The molecule has 0 aliphatic carbocycles. The van der Waals surface area contributed by atoms with Gasteiger partial charge in [0.2, 0.25) is 0 Å². The van der Waals surface area contributed by atoms with Gasteiger partial charge in [0.15, 0.2) is 23.1 Å². The molecule has 21 heavy (non-hydrogen) atoms. The Kier molecular flexibility index (Phi) is 5.00. The molecule has 0 radical (unpaired) electrons. The van der Waals surface area contributed by atoms with Gasteiger partial charge in [0.1, 0.15) is 6.61 Å². The first kappa shape index (κ1) is 15.1. The molecule has 0 fully saturated rings. The van der Waals surface area contributed by atoms with Crippen molar-refractivity contribution in [3.8, 4) is 17.2 Å². The Balaban J connectivity index is 2.16. The van der Waals surface area contributed by atoms with Crippen LogP contribution < -0.4 is 19.9 Å². The number of nitrogens with two attached hydrogens (primary N) is 1. The normalized spacial score (nSPS) is 10.3. The Hall–Kier alpha value is -2.27. The summed E-state index contributed by atoms with van der Waals surface area (Å²) in [5, 5.41) is 0. The van der Waals surface area contributed by atoms with E-state index in [2.05, 4.69) is 0 Å². The third-order valence-electron chi connectivity index (χ3n) is 3.11. The zero-order valence-electron chi connectivity index (χ0n) is 12.1. The second-order valence-electron chi connectivity index (χ2n) is 4.41. The molecule has 0 bridgehead atoms. The molecule has 2 rings (SSSR count). The van der Waals surface area contributed by atoms with Crippen LogP contribution in [0, 0.1) is 5.82 Å². The average Bonchev–Trinajstić information content (AvgIpc) is 2.53. The second kappa shape index (κ2) is 6.95. The van der Waals surface area contributed by atoms with Gasteiger partial charge in [-0.2, -0.15) is 0 Å². The van der Waals surface area contributed by atoms with Crippen molar-refractivity contribution < 1.29 is 18.6 Å². The molecule has 2 aromatic carbocycles. The molecule has 2 N–H and O–H groups in total. The van der Waals surface area contributed by atoms with Gasteiger partial charge in [-0.1, -0.05) is 18.2 Å². The highest BCUT2D eigenvalue weighted by molar-refractivity contribution is 5.43. The van der Waals surface area contributed by atoms with Crippen LogP contribution in [0.2, 0.25) is 0 Å². The van der Waals surface area contributed by atoms with E-state index >= 15 is 0 Å². The van der Waals surface area contributed by atoms with E-state index in [-0.39, 0.29) is 12.4 Å². The molecule has 4 nitrogen and oxygen atoms in total. The van der Waals surface area contributed by atoms with Gasteiger partial charge in [0, 0.05) is 12.1 Å². The Morgan fingerprint density at radius 3 is 2.43 bits per heavy atom. The topological polar surface area (TPSA) is 53.7 Å². The van der Waals surface area contributed by atoms with Gasteiger partial charge in [-0.3, -0.25) is 0 Å². The standard InChI is InChI=1S/C16H18FNO3/c1-19-14-5-3-4-12(16(14)17)10-21-13-7-6-11(9-18)8-15(13)20-2/h3-8H,9-10,18H2,1-2H3. The van der Waals surface area contributed by atoms with Gasteiger partial charge in [-0.05, 0) is 23.8 Å². The maximum absolute atomic E-state index is 14.0. The van der Waals surface area contributed by atoms with E-state index in [4.69, 9.17) is 19.9 Å². The first-order chi connectivity index (χ1) is 10.2. The summed E-state index contributed by atoms with van der Waals surface area (Å²) in [7, 11) is 2.98. The minimum absolute atomic E-state index is 0.0847. The molecule has 112 valence electrons. The van der Waals surface area contributed by atoms with Gasteiger partial charge in [-0.15, -0.1) is 0 Å². The van der Waals surface area contributed by atoms with Crippen molar-refractivity contribution in [2.24, 2.45) is 5.73 Å². The van der Waals surface area contributed by atoms with Crippen molar-refractivity contribution in [3.63, 3.8) is 0 Å². The number of hydrogen-bond donors (Lipinski definition) is 1. The second-order valence-corrected chi connectivity index (χ2v) is 4.41. The zero-order valence-corrected chi connectivity index (χ0v) is 12.1. The smallest absolute Gasteiger partial charge is 0.171 e. The van der Waals surface area contributed by atoms with Crippen LogP contribution in [-0.4, -0.2) is 14.2 Å². The highest BCUT2D eigenvalue weighted by Gasteiger charge is 2.11. The van der Waals surface area contributed by atoms with Crippen molar-refractivity contribution in [2.45, 2.75) is 13.2 Å². The molecule has 5 heteroatoms. The fourth-order valence-electron chi connectivity index (χ4n) is 1.94. The first-order valence-electron chi connectivity index (χ1n) is 6.50. The van der Waals surface area contributed by atoms with Crippen molar-refractivity contribution in [1.29, 1.82) is 0 Å². The molecule has 0 amide bonds. The summed E-state index contributed by atoms with van der Waals surface area (Å²) >= 11 is 0. The lowest BCUT2D eigenvalue weighted by Crippen LogP contribution is -2.03. The molecule has 0 atom stereocenters. The van der Waals surface area contributed by atoms with Gasteiger partial charge in [-0.25, -0.2) is 4.39 Å². The van der Waals surface area contributed by atoms with E-state index in [0.717, 1.165) is 5.56 Å². The minimum atomic E-state index is -0.419. The number of rotatable bonds is 6. The lowest BCUT2D eigenvalue weighted by atomic mass is 10.2. The Morgan fingerprint density at radius 2 is 1.76 bits per heavy atom. The summed E-state index contributed by atoms with van der Waals surface area (Å²) < 4.78 is 29.9. The molecule has 0 aliphatic heterocycles. The van der Waals surface area contributed by atoms with E-state index in [1.54, 1.807) is 37.4 Å². The van der Waals surface area contributed by atoms with E-state index in [0.29, 0.717) is 23.6 Å². The fraction of sp³-hybridized carbons (Fsp3) is 0.250. The fourth-order valence-corrected chi connectivity index (χ4v) is 1.94. The molecular formula is C16H18FNO3. The quantitative estimate of drug-likeness (QED) is 0.889. The molecular weight excluding hydrogens is 273 g/mol. The van der Waals surface area contributed by atoms with Crippen LogP contribution >= 0.6 is 0 Å². The number of methoxy groups -OCH3 is 2. The zero-order chi connectivity index (χ0) is 15.2. The summed E-state index contributed by atoms with van der Waals surface area (Å²) in [5.41, 5.74) is 6.93. The maximum Gasteiger partial charge on any atom is 0.171 e. The van der Waals surface area contributed by atoms with Crippen LogP contribution in [0.25, 0.3) is 0 Å². The highest BCUT2D eigenvalue weighted by atomic mass is 19.1. The first-order valence-corrected chi connectivity index (χ1v) is 6.50. The number of halogens is 1.